The lowest BCUT2D eigenvalue weighted by atomic mass is 9.74. The number of thiophene rings is 1. The molecule has 2 bridgehead atoms. The van der Waals surface area contributed by atoms with Crippen LogP contribution in [0.15, 0.2) is 23.6 Å². The number of piperidine rings is 3. The first kappa shape index (κ1) is 21.3. The zero-order chi connectivity index (χ0) is 21.1. The van der Waals surface area contributed by atoms with Gasteiger partial charge in [-0.25, -0.2) is 9.97 Å². The summed E-state index contributed by atoms with van der Waals surface area (Å²) in [6.07, 6.45) is 2.26. The van der Waals surface area contributed by atoms with Gasteiger partial charge in [-0.2, -0.15) is 0 Å². The third-order valence-electron chi connectivity index (χ3n) is 6.06. The minimum atomic E-state index is -1.14. The van der Waals surface area contributed by atoms with Crippen LogP contribution in [0.4, 0.5) is 0 Å². The zero-order valence-corrected chi connectivity index (χ0v) is 18.6. The summed E-state index contributed by atoms with van der Waals surface area (Å²) < 4.78 is 0. The molecule has 2 aromatic heterocycles. The number of quaternary nitrogens is 1. The van der Waals surface area contributed by atoms with Crippen molar-refractivity contribution in [1.29, 1.82) is 0 Å². The summed E-state index contributed by atoms with van der Waals surface area (Å²) in [6.45, 7) is 4.77. The molecule has 7 nitrogen and oxygen atoms in total. The van der Waals surface area contributed by atoms with Gasteiger partial charge in [-0.3, -0.25) is 4.79 Å². The lowest BCUT2D eigenvalue weighted by molar-refractivity contribution is -0.942. The maximum absolute atomic E-state index is 12.0. The van der Waals surface area contributed by atoms with Gasteiger partial charge in [0.2, 0.25) is 5.91 Å². The fraction of sp³-hybridized carbons (Fsp3) is 0.524. The first-order chi connectivity index (χ1) is 14.5. The van der Waals surface area contributed by atoms with Crippen molar-refractivity contribution in [2.45, 2.75) is 31.7 Å². The van der Waals surface area contributed by atoms with Crippen molar-refractivity contribution in [3.63, 3.8) is 0 Å². The van der Waals surface area contributed by atoms with E-state index < -0.39 is 5.97 Å². The SMILES string of the molecule is Cc1nc(-c2cccs2)cc([C@H]2C[NH+]3CC[C@H]2C[C@@H]3CNC(=O)CSCC(=O)[O-])n1. The van der Waals surface area contributed by atoms with E-state index in [1.807, 2.05) is 13.0 Å². The van der Waals surface area contributed by atoms with E-state index in [2.05, 4.69) is 27.8 Å². The van der Waals surface area contributed by atoms with Crippen LogP contribution in [-0.4, -0.2) is 59.0 Å². The first-order valence-corrected chi connectivity index (χ1v) is 12.3. The van der Waals surface area contributed by atoms with Crippen LogP contribution in [0.2, 0.25) is 0 Å². The summed E-state index contributed by atoms with van der Waals surface area (Å²) in [6, 6.07) is 6.72. The molecule has 1 unspecified atom stereocenters. The molecule has 3 saturated heterocycles. The maximum atomic E-state index is 12.0. The zero-order valence-electron chi connectivity index (χ0n) is 16.9. The molecule has 5 heterocycles. The van der Waals surface area contributed by atoms with Gasteiger partial charge in [0, 0.05) is 18.6 Å². The molecule has 3 aliphatic heterocycles. The molecule has 0 aromatic carbocycles. The molecule has 0 spiro atoms. The number of hydrogen-bond donors (Lipinski definition) is 2. The molecule has 2 aromatic rings. The highest BCUT2D eigenvalue weighted by Gasteiger charge is 2.44. The normalized spacial score (nSPS) is 25.2. The van der Waals surface area contributed by atoms with Crippen LogP contribution in [0.5, 0.6) is 0 Å². The molecular formula is C21H26N4O3S2. The van der Waals surface area contributed by atoms with E-state index in [9.17, 15) is 14.7 Å². The number of thioether (sulfide) groups is 1. The first-order valence-electron chi connectivity index (χ1n) is 10.3. The Bertz CT molecular complexity index is 906. The van der Waals surface area contributed by atoms with Crippen molar-refractivity contribution in [3.8, 4) is 10.6 Å². The predicted octanol–water partition coefficient (Wildman–Crippen LogP) is -0.126. The number of carbonyl (C=O) groups is 2. The Labute approximate surface area is 184 Å². The van der Waals surface area contributed by atoms with Gasteiger partial charge in [-0.05, 0) is 30.4 Å². The molecule has 0 saturated carbocycles. The number of nitrogens with zero attached hydrogens (tertiary/aromatic N) is 2. The summed E-state index contributed by atoms with van der Waals surface area (Å²) in [5, 5.41) is 15.5. The average molecular weight is 447 g/mol. The number of amides is 1. The molecule has 30 heavy (non-hydrogen) atoms. The number of hydrogen-bond acceptors (Lipinski definition) is 7. The number of carbonyl (C=O) groups excluding carboxylic acids is 2. The Morgan fingerprint density at radius 1 is 1.37 bits per heavy atom. The molecule has 5 rings (SSSR count). The Morgan fingerprint density at radius 3 is 2.93 bits per heavy atom. The van der Waals surface area contributed by atoms with Gasteiger partial charge in [0.25, 0.3) is 0 Å². The average Bonchev–Trinajstić information content (AvgIpc) is 3.27. The van der Waals surface area contributed by atoms with E-state index in [1.54, 1.807) is 11.3 Å². The topological polar surface area (TPSA) is 99.5 Å². The molecular weight excluding hydrogens is 420 g/mol. The van der Waals surface area contributed by atoms with Gasteiger partial charge in [0.05, 0.1) is 53.5 Å². The molecule has 3 aliphatic rings. The Balaban J connectivity index is 1.37. The van der Waals surface area contributed by atoms with Crippen molar-refractivity contribution >= 4 is 35.0 Å². The summed E-state index contributed by atoms with van der Waals surface area (Å²) in [5.41, 5.74) is 2.16. The lowest BCUT2D eigenvalue weighted by Crippen LogP contribution is -3.20. The van der Waals surface area contributed by atoms with Gasteiger partial charge in [0.1, 0.15) is 11.9 Å². The predicted molar refractivity (Wildman–Crippen MR) is 115 cm³/mol. The summed E-state index contributed by atoms with van der Waals surface area (Å²) in [5.74, 6) is 0.591. The van der Waals surface area contributed by atoms with Crippen LogP contribution < -0.4 is 15.3 Å². The Hall–Kier alpha value is -1.97. The highest BCUT2D eigenvalue weighted by Crippen LogP contribution is 2.35. The second kappa shape index (κ2) is 9.45. The van der Waals surface area contributed by atoms with E-state index in [4.69, 9.17) is 4.98 Å². The van der Waals surface area contributed by atoms with Crippen LogP contribution in [0.3, 0.4) is 0 Å². The van der Waals surface area contributed by atoms with E-state index in [0.29, 0.717) is 24.4 Å². The second-order valence-corrected chi connectivity index (χ2v) is 10.0. The highest BCUT2D eigenvalue weighted by atomic mass is 32.2. The third kappa shape index (κ3) is 5.01. The molecule has 3 fully saturated rings. The van der Waals surface area contributed by atoms with Crippen LogP contribution in [-0.2, 0) is 9.59 Å². The van der Waals surface area contributed by atoms with Gasteiger partial charge in [-0.1, -0.05) is 6.07 Å². The monoisotopic (exact) mass is 446 g/mol. The second-order valence-electron chi connectivity index (χ2n) is 8.07. The number of fused-ring (bicyclic) bond motifs is 3. The molecule has 9 heteroatoms. The minimum Gasteiger partial charge on any atom is -0.549 e. The summed E-state index contributed by atoms with van der Waals surface area (Å²) >= 11 is 2.78. The van der Waals surface area contributed by atoms with Gasteiger partial charge < -0.3 is 20.1 Å². The number of rotatable bonds is 8. The summed E-state index contributed by atoms with van der Waals surface area (Å²) in [4.78, 5) is 34.6. The fourth-order valence-corrected chi connectivity index (χ4v) is 5.97. The number of aryl methyl sites for hydroxylation is 1. The van der Waals surface area contributed by atoms with Crippen molar-refractivity contribution < 1.29 is 19.6 Å². The van der Waals surface area contributed by atoms with Crippen LogP contribution in [0, 0.1) is 12.8 Å². The third-order valence-corrected chi connectivity index (χ3v) is 7.86. The molecule has 0 radical (unpaired) electrons. The standard InChI is InChI=1S/C21H26N4O3S2/c1-13-23-17(8-18(24-13)19-3-2-6-30-19)16-10-25-5-4-14(16)7-15(25)9-22-20(26)11-29-12-21(27)28/h2-3,6,8,14-16H,4-5,7,9-12H2,1H3,(H,22,26)(H,27,28)/t14-,15+,16-/m0/s1. The fourth-order valence-electron chi connectivity index (χ4n) is 4.73. The van der Waals surface area contributed by atoms with Crippen molar-refractivity contribution in [3.05, 3.63) is 35.1 Å². The quantitative estimate of drug-likeness (QED) is 0.586. The van der Waals surface area contributed by atoms with Gasteiger partial charge in [-0.15, -0.1) is 23.1 Å². The van der Waals surface area contributed by atoms with Crippen LogP contribution in [0.25, 0.3) is 10.6 Å². The Morgan fingerprint density at radius 2 is 2.23 bits per heavy atom. The van der Waals surface area contributed by atoms with Crippen LogP contribution >= 0.6 is 23.1 Å². The summed E-state index contributed by atoms with van der Waals surface area (Å²) in [7, 11) is 0. The number of nitrogens with one attached hydrogen (secondary N) is 2. The largest absolute Gasteiger partial charge is 0.549 e. The number of aliphatic carboxylic acids is 1. The van der Waals surface area contributed by atoms with E-state index >= 15 is 0 Å². The van der Waals surface area contributed by atoms with E-state index in [1.165, 1.54) is 16.2 Å². The van der Waals surface area contributed by atoms with E-state index in [0.717, 1.165) is 48.5 Å². The van der Waals surface area contributed by atoms with Gasteiger partial charge in [0.15, 0.2) is 0 Å². The Kier molecular flexibility index (Phi) is 6.70. The molecule has 0 aliphatic carbocycles. The molecule has 1 amide bonds. The minimum absolute atomic E-state index is 0.105. The van der Waals surface area contributed by atoms with Crippen molar-refractivity contribution in [2.24, 2.45) is 5.92 Å². The number of carboxylic acids is 1. The molecule has 160 valence electrons. The van der Waals surface area contributed by atoms with Gasteiger partial charge >= 0.3 is 0 Å². The van der Waals surface area contributed by atoms with Crippen LogP contribution in [0.1, 0.15) is 30.3 Å². The molecule has 4 atom stereocenters. The van der Waals surface area contributed by atoms with Crippen molar-refractivity contribution in [2.75, 3.05) is 31.1 Å². The smallest absolute Gasteiger partial charge is 0.230 e. The highest BCUT2D eigenvalue weighted by molar-refractivity contribution is 8.00. The number of aromatic nitrogens is 2. The number of carboxylic acid groups (broad SMARTS) is 1. The lowest BCUT2D eigenvalue weighted by Gasteiger charge is -2.46. The molecule has 2 N–H and O–H groups in total. The van der Waals surface area contributed by atoms with E-state index in [-0.39, 0.29) is 17.4 Å². The maximum Gasteiger partial charge on any atom is 0.230 e. The van der Waals surface area contributed by atoms with Crippen molar-refractivity contribution in [1.82, 2.24) is 15.3 Å².